The standard InChI is InChI=1S/C23H28N4O3S/c1-24-31(29,30)20-13-22(27(4)16-20)23(28)25-14-19-7-5-6-8-21(19)18-11-9-17(10-12-18)15-26(2)3/h5-13,16,24H,14-15H2,1-4H3,(H,25,28). The smallest absolute Gasteiger partial charge is 0.268 e. The first kappa shape index (κ1) is 22.7. The zero-order chi connectivity index (χ0) is 22.6. The third-order valence-corrected chi connectivity index (χ3v) is 6.39. The summed E-state index contributed by atoms with van der Waals surface area (Å²) < 4.78 is 27.8. The fourth-order valence-electron chi connectivity index (χ4n) is 3.40. The summed E-state index contributed by atoms with van der Waals surface area (Å²) in [5.41, 5.74) is 4.61. The van der Waals surface area contributed by atoms with Gasteiger partial charge in [0.25, 0.3) is 5.91 Å². The van der Waals surface area contributed by atoms with Crippen molar-refractivity contribution < 1.29 is 13.2 Å². The predicted molar refractivity (Wildman–Crippen MR) is 122 cm³/mol. The Labute approximate surface area is 183 Å². The molecule has 0 atom stereocenters. The summed E-state index contributed by atoms with van der Waals surface area (Å²) in [6.45, 7) is 1.20. The summed E-state index contributed by atoms with van der Waals surface area (Å²) in [4.78, 5) is 14.9. The SMILES string of the molecule is CNS(=O)(=O)c1cc(C(=O)NCc2ccccc2-c2ccc(CN(C)C)cc2)n(C)c1. The summed E-state index contributed by atoms with van der Waals surface area (Å²) in [7, 11) is 3.45. The molecule has 0 aliphatic carbocycles. The average Bonchev–Trinajstić information content (AvgIpc) is 3.15. The van der Waals surface area contributed by atoms with E-state index in [9.17, 15) is 13.2 Å². The van der Waals surface area contributed by atoms with Crippen LogP contribution in [0.2, 0.25) is 0 Å². The Bertz CT molecular complexity index is 1170. The molecule has 0 bridgehead atoms. The van der Waals surface area contributed by atoms with Gasteiger partial charge in [-0.3, -0.25) is 4.79 Å². The summed E-state index contributed by atoms with van der Waals surface area (Å²) >= 11 is 0. The van der Waals surface area contributed by atoms with Gasteiger partial charge in [-0.05, 0) is 49.5 Å². The highest BCUT2D eigenvalue weighted by atomic mass is 32.2. The number of nitrogens with one attached hydrogen (secondary N) is 2. The molecule has 1 heterocycles. The average molecular weight is 441 g/mol. The van der Waals surface area contributed by atoms with Gasteiger partial charge in [-0.15, -0.1) is 0 Å². The van der Waals surface area contributed by atoms with Crippen molar-refractivity contribution >= 4 is 15.9 Å². The molecule has 2 aromatic carbocycles. The number of carbonyl (C=O) groups is 1. The van der Waals surface area contributed by atoms with Crippen molar-refractivity contribution in [1.29, 1.82) is 0 Å². The predicted octanol–water partition coefficient (Wildman–Crippen LogP) is 2.59. The fraction of sp³-hybridized carbons (Fsp3) is 0.261. The number of amides is 1. The number of rotatable bonds is 8. The number of aromatic nitrogens is 1. The van der Waals surface area contributed by atoms with E-state index in [-0.39, 0.29) is 16.5 Å². The lowest BCUT2D eigenvalue weighted by Crippen LogP contribution is -2.25. The Hall–Kier alpha value is -2.94. The van der Waals surface area contributed by atoms with Crippen LogP contribution in [0, 0.1) is 0 Å². The minimum atomic E-state index is -3.61. The van der Waals surface area contributed by atoms with Gasteiger partial charge in [0.05, 0.1) is 0 Å². The van der Waals surface area contributed by atoms with Gasteiger partial charge in [0, 0.05) is 26.3 Å². The van der Waals surface area contributed by atoms with E-state index in [1.807, 2.05) is 38.4 Å². The van der Waals surface area contributed by atoms with Crippen LogP contribution in [0.15, 0.2) is 65.7 Å². The van der Waals surface area contributed by atoms with Crippen LogP contribution in [0.4, 0.5) is 0 Å². The Morgan fingerprint density at radius 2 is 1.74 bits per heavy atom. The fourth-order valence-corrected chi connectivity index (χ4v) is 4.20. The Morgan fingerprint density at radius 3 is 2.39 bits per heavy atom. The van der Waals surface area contributed by atoms with Gasteiger partial charge in [-0.25, -0.2) is 13.1 Å². The summed E-state index contributed by atoms with van der Waals surface area (Å²) in [6.07, 6.45) is 1.42. The van der Waals surface area contributed by atoms with Gasteiger partial charge < -0.3 is 14.8 Å². The van der Waals surface area contributed by atoms with Crippen molar-refractivity contribution in [2.45, 2.75) is 18.0 Å². The van der Waals surface area contributed by atoms with E-state index in [1.54, 1.807) is 7.05 Å². The van der Waals surface area contributed by atoms with Gasteiger partial charge in [0.1, 0.15) is 10.6 Å². The minimum Gasteiger partial charge on any atom is -0.347 e. The van der Waals surface area contributed by atoms with Crippen LogP contribution < -0.4 is 10.0 Å². The molecule has 0 saturated heterocycles. The third kappa shape index (κ3) is 5.41. The molecule has 0 aliphatic rings. The lowest BCUT2D eigenvalue weighted by molar-refractivity contribution is 0.0943. The molecule has 3 rings (SSSR count). The first-order chi connectivity index (χ1) is 14.7. The number of aryl methyl sites for hydroxylation is 1. The van der Waals surface area contributed by atoms with E-state index in [0.29, 0.717) is 6.54 Å². The van der Waals surface area contributed by atoms with Gasteiger partial charge in [0.15, 0.2) is 0 Å². The van der Waals surface area contributed by atoms with E-state index < -0.39 is 10.0 Å². The van der Waals surface area contributed by atoms with Crippen molar-refractivity contribution in [2.24, 2.45) is 7.05 Å². The van der Waals surface area contributed by atoms with Gasteiger partial charge in [-0.1, -0.05) is 48.5 Å². The zero-order valence-corrected chi connectivity index (χ0v) is 19.0. The van der Waals surface area contributed by atoms with Crippen molar-refractivity contribution in [3.8, 4) is 11.1 Å². The van der Waals surface area contributed by atoms with Gasteiger partial charge in [0.2, 0.25) is 10.0 Å². The maximum Gasteiger partial charge on any atom is 0.268 e. The quantitative estimate of drug-likeness (QED) is 0.564. The number of nitrogens with zero attached hydrogens (tertiary/aromatic N) is 2. The normalized spacial score (nSPS) is 11.6. The molecule has 1 aromatic heterocycles. The van der Waals surface area contributed by atoms with Crippen LogP contribution >= 0.6 is 0 Å². The van der Waals surface area contributed by atoms with E-state index in [0.717, 1.165) is 23.2 Å². The molecule has 0 radical (unpaired) electrons. The zero-order valence-electron chi connectivity index (χ0n) is 18.2. The molecule has 1 amide bonds. The van der Waals surface area contributed by atoms with E-state index in [4.69, 9.17) is 0 Å². The number of hydrogen-bond donors (Lipinski definition) is 2. The van der Waals surface area contributed by atoms with Crippen LogP contribution in [-0.2, 0) is 30.2 Å². The van der Waals surface area contributed by atoms with Crippen molar-refractivity contribution in [3.63, 3.8) is 0 Å². The first-order valence-corrected chi connectivity index (χ1v) is 11.4. The Kier molecular flexibility index (Phi) is 6.94. The minimum absolute atomic E-state index is 0.0564. The van der Waals surface area contributed by atoms with Crippen LogP contribution in [0.3, 0.4) is 0 Å². The highest BCUT2D eigenvalue weighted by Crippen LogP contribution is 2.24. The molecule has 0 saturated carbocycles. The molecule has 0 spiro atoms. The maximum absolute atomic E-state index is 12.7. The molecule has 8 heteroatoms. The van der Waals surface area contributed by atoms with E-state index in [2.05, 4.69) is 39.2 Å². The van der Waals surface area contributed by atoms with Crippen molar-refractivity contribution in [3.05, 3.63) is 77.6 Å². The highest BCUT2D eigenvalue weighted by molar-refractivity contribution is 7.89. The van der Waals surface area contributed by atoms with Crippen molar-refractivity contribution in [1.82, 2.24) is 19.5 Å². The van der Waals surface area contributed by atoms with Gasteiger partial charge >= 0.3 is 0 Å². The molecular weight excluding hydrogens is 412 g/mol. The first-order valence-electron chi connectivity index (χ1n) is 9.91. The van der Waals surface area contributed by atoms with Crippen LogP contribution in [-0.4, -0.2) is 44.9 Å². The molecule has 164 valence electrons. The molecule has 2 N–H and O–H groups in total. The monoisotopic (exact) mass is 440 g/mol. The number of carbonyl (C=O) groups excluding carboxylic acids is 1. The Morgan fingerprint density at radius 1 is 1.06 bits per heavy atom. The van der Waals surface area contributed by atoms with E-state index >= 15 is 0 Å². The molecule has 3 aromatic rings. The molecule has 7 nitrogen and oxygen atoms in total. The lowest BCUT2D eigenvalue weighted by atomic mass is 9.98. The number of hydrogen-bond acceptors (Lipinski definition) is 4. The summed E-state index contributed by atoms with van der Waals surface area (Å²) in [5.74, 6) is -0.337. The number of sulfonamides is 1. The second kappa shape index (κ2) is 9.47. The second-order valence-corrected chi connectivity index (χ2v) is 9.54. The third-order valence-electron chi connectivity index (χ3n) is 5.01. The Balaban J connectivity index is 1.77. The summed E-state index contributed by atoms with van der Waals surface area (Å²) in [6, 6.07) is 17.7. The van der Waals surface area contributed by atoms with Crippen molar-refractivity contribution in [2.75, 3.05) is 21.1 Å². The molecule has 31 heavy (non-hydrogen) atoms. The topological polar surface area (TPSA) is 83.4 Å². The van der Waals surface area contributed by atoms with Gasteiger partial charge in [-0.2, -0.15) is 0 Å². The lowest BCUT2D eigenvalue weighted by Gasteiger charge is -2.13. The second-order valence-electron chi connectivity index (χ2n) is 7.65. The summed E-state index contributed by atoms with van der Waals surface area (Å²) in [5, 5.41) is 2.90. The largest absolute Gasteiger partial charge is 0.347 e. The molecule has 0 unspecified atom stereocenters. The molecule has 0 aliphatic heterocycles. The highest BCUT2D eigenvalue weighted by Gasteiger charge is 2.19. The maximum atomic E-state index is 12.7. The van der Waals surface area contributed by atoms with E-state index in [1.165, 1.54) is 29.4 Å². The van der Waals surface area contributed by atoms with Crippen LogP contribution in [0.1, 0.15) is 21.6 Å². The van der Waals surface area contributed by atoms with Crippen LogP contribution in [0.25, 0.3) is 11.1 Å². The van der Waals surface area contributed by atoms with Crippen LogP contribution in [0.5, 0.6) is 0 Å². The molecule has 0 fully saturated rings. The number of benzene rings is 2. The molecular formula is C23H28N4O3S.